The molecule has 0 bridgehead atoms. The highest BCUT2D eigenvalue weighted by molar-refractivity contribution is 5.95. The number of nitrogens with one attached hydrogen (secondary N) is 3. The van der Waals surface area contributed by atoms with Gasteiger partial charge in [0, 0.05) is 6.20 Å². The van der Waals surface area contributed by atoms with Crippen LogP contribution in [-0.2, 0) is 9.59 Å². The van der Waals surface area contributed by atoms with Crippen molar-refractivity contribution in [1.82, 2.24) is 15.6 Å². The van der Waals surface area contributed by atoms with Crippen LogP contribution in [0.2, 0.25) is 0 Å². The summed E-state index contributed by atoms with van der Waals surface area (Å²) in [6, 6.07) is 3.32. The lowest BCUT2D eigenvalue weighted by atomic mass is 10.2. The molecule has 1 aliphatic heterocycles. The van der Waals surface area contributed by atoms with Gasteiger partial charge in [0.1, 0.15) is 0 Å². The Kier molecular flexibility index (Phi) is 6.24. The van der Waals surface area contributed by atoms with E-state index in [-0.39, 0.29) is 36.8 Å². The number of anilines is 1. The van der Waals surface area contributed by atoms with Crippen molar-refractivity contribution in [3.05, 3.63) is 24.5 Å². The Hall–Kier alpha value is -1.66. The molecule has 104 valence electrons. The molecule has 2 amide bonds. The minimum Gasteiger partial charge on any atom is -0.346 e. The van der Waals surface area contributed by atoms with Gasteiger partial charge >= 0.3 is 0 Å². The number of halogens is 1. The van der Waals surface area contributed by atoms with E-state index in [1.165, 1.54) is 0 Å². The highest BCUT2D eigenvalue weighted by Gasteiger charge is 2.21. The molecule has 1 fully saturated rings. The van der Waals surface area contributed by atoms with Crippen LogP contribution in [0.4, 0.5) is 5.69 Å². The molecular formula is C12H17ClN4O2. The Morgan fingerprint density at radius 1 is 1.47 bits per heavy atom. The lowest BCUT2D eigenvalue weighted by Gasteiger charge is -2.10. The molecule has 2 rings (SSSR count). The van der Waals surface area contributed by atoms with Crippen LogP contribution >= 0.6 is 12.4 Å². The second-order valence-corrected chi connectivity index (χ2v) is 4.16. The maximum Gasteiger partial charge on any atom is 0.243 e. The third-order valence-electron chi connectivity index (χ3n) is 2.75. The number of carbonyl (C=O) groups is 2. The van der Waals surface area contributed by atoms with Crippen LogP contribution in [0.25, 0.3) is 0 Å². The molecule has 1 aliphatic rings. The van der Waals surface area contributed by atoms with Crippen LogP contribution in [0, 0.1) is 0 Å². The van der Waals surface area contributed by atoms with E-state index >= 15 is 0 Å². The normalized spacial score (nSPS) is 17.4. The molecule has 1 aromatic rings. The number of rotatable bonds is 4. The zero-order valence-corrected chi connectivity index (χ0v) is 11.2. The second-order valence-electron chi connectivity index (χ2n) is 4.16. The topological polar surface area (TPSA) is 83.1 Å². The summed E-state index contributed by atoms with van der Waals surface area (Å²) in [6.45, 7) is 0.839. The van der Waals surface area contributed by atoms with E-state index < -0.39 is 0 Å². The van der Waals surface area contributed by atoms with Crippen molar-refractivity contribution in [2.75, 3.05) is 18.4 Å². The lowest BCUT2D eigenvalue weighted by Crippen LogP contribution is -2.43. The van der Waals surface area contributed by atoms with Crippen LogP contribution < -0.4 is 16.0 Å². The fraction of sp³-hybridized carbons (Fsp3) is 0.417. The summed E-state index contributed by atoms with van der Waals surface area (Å²) in [7, 11) is 0. The smallest absolute Gasteiger partial charge is 0.243 e. The Morgan fingerprint density at radius 2 is 2.32 bits per heavy atom. The van der Waals surface area contributed by atoms with Gasteiger partial charge in [-0.15, -0.1) is 12.4 Å². The van der Waals surface area contributed by atoms with Gasteiger partial charge in [-0.3, -0.25) is 14.6 Å². The number of carbonyl (C=O) groups excluding carboxylic acids is 2. The molecule has 0 radical (unpaired) electrons. The molecule has 6 nitrogen and oxygen atoms in total. The van der Waals surface area contributed by atoms with E-state index in [4.69, 9.17) is 0 Å². The second kappa shape index (κ2) is 7.70. The number of nitrogens with zero attached hydrogens (tertiary/aromatic N) is 1. The molecule has 19 heavy (non-hydrogen) atoms. The molecular weight excluding hydrogens is 268 g/mol. The standard InChI is InChI=1S/C12H16N4O2.ClH/c17-11(16-9-3-1-5-13-7-9)8-15-12(18)10-4-2-6-14-10;/h1,3,5,7,10,14H,2,4,6,8H2,(H,15,18)(H,16,17);1H. The van der Waals surface area contributed by atoms with Gasteiger partial charge in [-0.05, 0) is 31.5 Å². The Morgan fingerprint density at radius 3 is 2.95 bits per heavy atom. The highest BCUT2D eigenvalue weighted by atomic mass is 35.5. The Balaban J connectivity index is 0.00000180. The van der Waals surface area contributed by atoms with Gasteiger partial charge in [0.05, 0.1) is 24.5 Å². The summed E-state index contributed by atoms with van der Waals surface area (Å²) >= 11 is 0. The molecule has 1 saturated heterocycles. The number of aromatic nitrogens is 1. The summed E-state index contributed by atoms with van der Waals surface area (Å²) in [4.78, 5) is 27.1. The van der Waals surface area contributed by atoms with Crippen LogP contribution in [-0.4, -0.2) is 35.9 Å². The van der Waals surface area contributed by atoms with Gasteiger partial charge in [0.15, 0.2) is 0 Å². The highest BCUT2D eigenvalue weighted by Crippen LogP contribution is 2.04. The largest absolute Gasteiger partial charge is 0.346 e. The summed E-state index contributed by atoms with van der Waals surface area (Å²) in [5, 5.41) is 8.34. The number of pyridine rings is 1. The Labute approximate surface area is 117 Å². The lowest BCUT2D eigenvalue weighted by molar-refractivity contribution is -0.125. The third-order valence-corrected chi connectivity index (χ3v) is 2.75. The van der Waals surface area contributed by atoms with Crippen molar-refractivity contribution in [3.63, 3.8) is 0 Å². The first-order valence-electron chi connectivity index (χ1n) is 5.96. The first kappa shape index (κ1) is 15.4. The van der Waals surface area contributed by atoms with E-state index in [1.807, 2.05) is 0 Å². The molecule has 7 heteroatoms. The SMILES string of the molecule is Cl.O=C(CNC(=O)C1CCCN1)Nc1cccnc1. The van der Waals surface area contributed by atoms with Crippen LogP contribution in [0.1, 0.15) is 12.8 Å². The monoisotopic (exact) mass is 284 g/mol. The Bertz CT molecular complexity index is 421. The average molecular weight is 285 g/mol. The maximum atomic E-state index is 11.6. The zero-order valence-electron chi connectivity index (χ0n) is 10.4. The van der Waals surface area contributed by atoms with Gasteiger partial charge in [0.2, 0.25) is 11.8 Å². The van der Waals surface area contributed by atoms with Crippen molar-refractivity contribution in [3.8, 4) is 0 Å². The van der Waals surface area contributed by atoms with E-state index in [2.05, 4.69) is 20.9 Å². The molecule has 1 atom stereocenters. The zero-order chi connectivity index (χ0) is 12.8. The third kappa shape index (κ3) is 4.84. The van der Waals surface area contributed by atoms with E-state index in [0.717, 1.165) is 19.4 Å². The van der Waals surface area contributed by atoms with E-state index in [1.54, 1.807) is 24.5 Å². The van der Waals surface area contributed by atoms with Crippen molar-refractivity contribution >= 4 is 29.9 Å². The predicted octanol–water partition coefficient (Wildman–Crippen LogP) is 0.310. The molecule has 2 heterocycles. The molecule has 1 aromatic heterocycles. The number of hydrogen-bond donors (Lipinski definition) is 3. The van der Waals surface area contributed by atoms with Gasteiger partial charge < -0.3 is 16.0 Å². The van der Waals surface area contributed by atoms with Crippen molar-refractivity contribution in [2.24, 2.45) is 0 Å². The van der Waals surface area contributed by atoms with Gasteiger partial charge in [-0.25, -0.2) is 0 Å². The summed E-state index contributed by atoms with van der Waals surface area (Å²) < 4.78 is 0. The fourth-order valence-electron chi connectivity index (χ4n) is 1.84. The van der Waals surface area contributed by atoms with Crippen molar-refractivity contribution < 1.29 is 9.59 Å². The summed E-state index contributed by atoms with van der Waals surface area (Å²) in [5.74, 6) is -0.372. The van der Waals surface area contributed by atoms with Gasteiger partial charge in [0.25, 0.3) is 0 Å². The average Bonchev–Trinajstić information content (AvgIpc) is 2.91. The van der Waals surface area contributed by atoms with Crippen LogP contribution in [0.5, 0.6) is 0 Å². The molecule has 0 aliphatic carbocycles. The summed E-state index contributed by atoms with van der Waals surface area (Å²) in [6.07, 6.45) is 5.01. The van der Waals surface area contributed by atoms with Crippen LogP contribution in [0.3, 0.4) is 0 Å². The molecule has 0 aromatic carbocycles. The number of hydrogen-bond acceptors (Lipinski definition) is 4. The van der Waals surface area contributed by atoms with Crippen molar-refractivity contribution in [1.29, 1.82) is 0 Å². The maximum absolute atomic E-state index is 11.6. The molecule has 3 N–H and O–H groups in total. The summed E-state index contributed by atoms with van der Waals surface area (Å²) in [5.41, 5.74) is 0.621. The number of amides is 2. The first-order valence-corrected chi connectivity index (χ1v) is 5.96. The van der Waals surface area contributed by atoms with E-state index in [9.17, 15) is 9.59 Å². The van der Waals surface area contributed by atoms with Gasteiger partial charge in [-0.1, -0.05) is 0 Å². The van der Waals surface area contributed by atoms with Crippen molar-refractivity contribution in [2.45, 2.75) is 18.9 Å². The first-order chi connectivity index (χ1) is 8.75. The predicted molar refractivity (Wildman–Crippen MR) is 74.1 cm³/mol. The molecule has 0 saturated carbocycles. The van der Waals surface area contributed by atoms with Crippen LogP contribution in [0.15, 0.2) is 24.5 Å². The van der Waals surface area contributed by atoms with Gasteiger partial charge in [-0.2, -0.15) is 0 Å². The fourth-order valence-corrected chi connectivity index (χ4v) is 1.84. The molecule has 1 unspecified atom stereocenters. The quantitative estimate of drug-likeness (QED) is 0.743. The minimum absolute atomic E-state index is 0. The molecule has 0 spiro atoms. The van der Waals surface area contributed by atoms with E-state index in [0.29, 0.717) is 5.69 Å². The minimum atomic E-state index is -0.255.